The van der Waals surface area contributed by atoms with Gasteiger partial charge in [-0.3, -0.25) is 4.57 Å². The van der Waals surface area contributed by atoms with Gasteiger partial charge < -0.3 is 9.26 Å². The lowest BCUT2D eigenvalue weighted by molar-refractivity contribution is 0.291. The molecule has 33 heavy (non-hydrogen) atoms. The minimum Gasteiger partial charge on any atom is -0.485 e. The Morgan fingerprint density at radius 3 is 2.39 bits per heavy atom. The summed E-state index contributed by atoms with van der Waals surface area (Å²) in [4.78, 5) is 4.51. The van der Waals surface area contributed by atoms with Gasteiger partial charge >= 0.3 is 0 Å². The molecule has 0 aliphatic carbocycles. The Morgan fingerprint density at radius 2 is 1.61 bits per heavy atom. The average Bonchev–Trinajstić information content (AvgIpc) is 3.50. The number of nitrogens with zero attached hydrogens (tertiary/aromatic N) is 5. The largest absolute Gasteiger partial charge is 0.485 e. The maximum absolute atomic E-state index is 6.04. The Morgan fingerprint density at radius 1 is 0.879 bits per heavy atom. The first-order valence-electron chi connectivity index (χ1n) is 10.5. The highest BCUT2D eigenvalue weighted by Crippen LogP contribution is 2.27. The van der Waals surface area contributed by atoms with Crippen LogP contribution in [-0.2, 0) is 12.4 Å². The second kappa shape index (κ2) is 9.70. The van der Waals surface area contributed by atoms with Gasteiger partial charge in [0.2, 0.25) is 11.7 Å². The molecule has 2 aromatic heterocycles. The molecule has 0 spiro atoms. The average molecular weight is 456 g/mol. The normalized spacial score (nSPS) is 10.9. The molecule has 8 heteroatoms. The molecule has 0 saturated heterocycles. The predicted octanol–water partition coefficient (Wildman–Crippen LogP) is 5.50. The van der Waals surface area contributed by atoms with E-state index in [0.717, 1.165) is 27.7 Å². The van der Waals surface area contributed by atoms with E-state index >= 15 is 0 Å². The number of hydrogen-bond acceptors (Lipinski definition) is 7. The van der Waals surface area contributed by atoms with Crippen molar-refractivity contribution in [3.63, 3.8) is 0 Å². The highest BCUT2D eigenvalue weighted by molar-refractivity contribution is 7.98. The molecule has 0 aliphatic rings. The minimum atomic E-state index is 0.298. The molecule has 164 valence electrons. The quantitative estimate of drug-likeness (QED) is 0.286. The van der Waals surface area contributed by atoms with Crippen LogP contribution < -0.4 is 4.74 Å². The zero-order valence-electron chi connectivity index (χ0n) is 18.0. The lowest BCUT2D eigenvalue weighted by Gasteiger charge is -2.11. The van der Waals surface area contributed by atoms with Crippen LogP contribution in [0.25, 0.3) is 17.1 Å². The maximum atomic E-state index is 6.04. The summed E-state index contributed by atoms with van der Waals surface area (Å²) < 4.78 is 13.5. The number of hydrogen-bond donors (Lipinski definition) is 0. The van der Waals surface area contributed by atoms with Gasteiger partial charge in [-0.15, -0.1) is 10.2 Å². The van der Waals surface area contributed by atoms with E-state index in [9.17, 15) is 0 Å². The van der Waals surface area contributed by atoms with Crippen LogP contribution in [-0.4, -0.2) is 24.9 Å². The molecular formula is C25H21N5O2S. The van der Waals surface area contributed by atoms with Crippen LogP contribution in [0.4, 0.5) is 0 Å². The summed E-state index contributed by atoms with van der Waals surface area (Å²) in [6, 6.07) is 27.7. The summed E-state index contributed by atoms with van der Waals surface area (Å²) >= 11 is 1.49. The van der Waals surface area contributed by atoms with Gasteiger partial charge in [0.15, 0.2) is 11.0 Å². The summed E-state index contributed by atoms with van der Waals surface area (Å²) in [6.45, 7) is 2.32. The smallest absolute Gasteiger partial charge is 0.237 e. The standard InChI is InChI=1S/C25H21N5O2S/c1-18-10-8-9-15-21(18)31-16-22-27-28-25(30(22)20-13-6-3-7-14-20)33-17-23-26-24(29-32-23)19-11-4-2-5-12-19/h2-15H,16-17H2,1H3. The van der Waals surface area contributed by atoms with Gasteiger partial charge in [0.25, 0.3) is 0 Å². The summed E-state index contributed by atoms with van der Waals surface area (Å²) in [5.74, 6) is 3.11. The predicted molar refractivity (Wildman–Crippen MR) is 126 cm³/mol. The summed E-state index contributed by atoms with van der Waals surface area (Å²) in [7, 11) is 0. The van der Waals surface area contributed by atoms with E-state index in [1.54, 1.807) is 0 Å². The fraction of sp³-hybridized carbons (Fsp3) is 0.120. The van der Waals surface area contributed by atoms with Crippen molar-refractivity contribution in [3.8, 4) is 22.8 Å². The first-order chi connectivity index (χ1) is 16.3. The molecule has 5 rings (SSSR count). The van der Waals surface area contributed by atoms with E-state index in [2.05, 4.69) is 20.3 Å². The number of thioether (sulfide) groups is 1. The Kier molecular flexibility index (Phi) is 6.16. The Balaban J connectivity index is 1.36. The van der Waals surface area contributed by atoms with Crippen LogP contribution in [0.3, 0.4) is 0 Å². The van der Waals surface area contributed by atoms with Crippen LogP contribution in [0.15, 0.2) is 94.6 Å². The highest BCUT2D eigenvalue weighted by Gasteiger charge is 2.17. The highest BCUT2D eigenvalue weighted by atomic mass is 32.2. The molecule has 0 unspecified atom stereocenters. The van der Waals surface area contributed by atoms with E-state index < -0.39 is 0 Å². The molecule has 0 aliphatic heterocycles. The van der Waals surface area contributed by atoms with Crippen LogP contribution in [0, 0.1) is 6.92 Å². The number of para-hydroxylation sites is 2. The summed E-state index contributed by atoms with van der Waals surface area (Å²) in [5, 5.41) is 13.6. The summed E-state index contributed by atoms with van der Waals surface area (Å²) in [6.07, 6.45) is 0. The lowest BCUT2D eigenvalue weighted by atomic mass is 10.2. The third-order valence-corrected chi connectivity index (χ3v) is 5.90. The van der Waals surface area contributed by atoms with Crippen molar-refractivity contribution in [2.75, 3.05) is 0 Å². The lowest BCUT2D eigenvalue weighted by Crippen LogP contribution is -2.07. The fourth-order valence-corrected chi connectivity index (χ4v) is 4.14. The minimum absolute atomic E-state index is 0.298. The first-order valence-corrected chi connectivity index (χ1v) is 11.5. The van der Waals surface area contributed by atoms with E-state index in [1.165, 1.54) is 11.8 Å². The number of ether oxygens (including phenoxy) is 1. The Labute approximate surface area is 195 Å². The topological polar surface area (TPSA) is 78.9 Å². The van der Waals surface area contributed by atoms with Crippen molar-refractivity contribution in [2.45, 2.75) is 24.4 Å². The van der Waals surface area contributed by atoms with E-state index in [0.29, 0.717) is 29.9 Å². The molecule has 0 atom stereocenters. The molecule has 0 fully saturated rings. The van der Waals surface area contributed by atoms with E-state index in [-0.39, 0.29) is 0 Å². The van der Waals surface area contributed by atoms with Gasteiger partial charge in [-0.2, -0.15) is 4.98 Å². The zero-order valence-corrected chi connectivity index (χ0v) is 18.8. The van der Waals surface area contributed by atoms with E-state index in [4.69, 9.17) is 9.26 Å². The van der Waals surface area contributed by atoms with Crippen LogP contribution >= 0.6 is 11.8 Å². The van der Waals surface area contributed by atoms with Crippen molar-refractivity contribution >= 4 is 11.8 Å². The molecule has 0 saturated carbocycles. The maximum Gasteiger partial charge on any atom is 0.237 e. The van der Waals surface area contributed by atoms with Crippen LogP contribution in [0.2, 0.25) is 0 Å². The third-order valence-electron chi connectivity index (χ3n) is 4.99. The first kappa shape index (κ1) is 21.0. The third kappa shape index (κ3) is 4.80. The van der Waals surface area contributed by atoms with E-state index in [1.807, 2.05) is 96.4 Å². The van der Waals surface area contributed by atoms with Crippen molar-refractivity contribution in [1.29, 1.82) is 0 Å². The van der Waals surface area contributed by atoms with Gasteiger partial charge in [0.05, 0.1) is 5.75 Å². The second-order valence-electron chi connectivity index (χ2n) is 7.29. The van der Waals surface area contributed by atoms with Gasteiger partial charge in [-0.1, -0.05) is 83.6 Å². The molecule has 0 bridgehead atoms. The molecule has 7 nitrogen and oxygen atoms in total. The molecule has 3 aromatic carbocycles. The van der Waals surface area contributed by atoms with Gasteiger partial charge in [0, 0.05) is 11.3 Å². The molecule has 0 radical (unpaired) electrons. The molecule has 0 N–H and O–H groups in total. The molecule has 0 amide bonds. The van der Waals surface area contributed by atoms with Crippen molar-refractivity contribution in [1.82, 2.24) is 24.9 Å². The molecule has 2 heterocycles. The monoisotopic (exact) mass is 455 g/mol. The Hall–Kier alpha value is -3.91. The van der Waals surface area contributed by atoms with Gasteiger partial charge in [-0.25, -0.2) is 0 Å². The number of aryl methyl sites for hydroxylation is 1. The van der Waals surface area contributed by atoms with Gasteiger partial charge in [-0.05, 0) is 30.7 Å². The van der Waals surface area contributed by atoms with Crippen molar-refractivity contribution in [3.05, 3.63) is 102 Å². The van der Waals surface area contributed by atoms with Gasteiger partial charge in [0.1, 0.15) is 12.4 Å². The van der Waals surface area contributed by atoms with Crippen molar-refractivity contribution < 1.29 is 9.26 Å². The number of benzene rings is 3. The molecular weight excluding hydrogens is 434 g/mol. The van der Waals surface area contributed by atoms with Crippen LogP contribution in [0.5, 0.6) is 5.75 Å². The fourth-order valence-electron chi connectivity index (χ4n) is 3.33. The number of rotatable bonds is 8. The number of aromatic nitrogens is 5. The Bertz CT molecular complexity index is 1340. The summed E-state index contributed by atoms with van der Waals surface area (Å²) in [5.41, 5.74) is 2.95. The second-order valence-corrected chi connectivity index (χ2v) is 8.23. The van der Waals surface area contributed by atoms with Crippen molar-refractivity contribution in [2.24, 2.45) is 0 Å². The zero-order chi connectivity index (χ0) is 22.5. The van der Waals surface area contributed by atoms with Crippen LogP contribution in [0.1, 0.15) is 17.3 Å². The SMILES string of the molecule is Cc1ccccc1OCc1nnc(SCc2nc(-c3ccccc3)no2)n1-c1ccccc1. The molecule has 5 aromatic rings.